The number of rotatable bonds is 7. The van der Waals surface area contributed by atoms with E-state index in [0.717, 1.165) is 25.7 Å². The summed E-state index contributed by atoms with van der Waals surface area (Å²) in [5, 5.41) is 0.429. The molecule has 5 heteroatoms. The first-order valence-electron chi connectivity index (χ1n) is 5.81. The zero-order valence-electron chi connectivity index (χ0n) is 9.95. The van der Waals surface area contributed by atoms with Gasteiger partial charge in [0.05, 0.1) is 4.90 Å². The molecule has 96 valence electrons. The van der Waals surface area contributed by atoms with Crippen molar-refractivity contribution in [3.05, 3.63) is 29.3 Å². The summed E-state index contributed by atoms with van der Waals surface area (Å²) in [7, 11) is -3.40. The van der Waals surface area contributed by atoms with Gasteiger partial charge in [0.25, 0.3) is 0 Å². The molecule has 0 saturated heterocycles. The van der Waals surface area contributed by atoms with Crippen LogP contribution >= 0.6 is 11.6 Å². The lowest BCUT2D eigenvalue weighted by molar-refractivity contribution is 0.573. The molecule has 0 atom stereocenters. The molecule has 0 aliphatic heterocycles. The van der Waals surface area contributed by atoms with Gasteiger partial charge in [-0.2, -0.15) is 0 Å². The van der Waals surface area contributed by atoms with Gasteiger partial charge in [0.1, 0.15) is 0 Å². The molecule has 3 nitrogen and oxygen atoms in total. The molecule has 0 bridgehead atoms. The maximum absolute atomic E-state index is 11.8. The summed E-state index contributed by atoms with van der Waals surface area (Å²) < 4.78 is 26.3. The van der Waals surface area contributed by atoms with E-state index in [-0.39, 0.29) is 4.90 Å². The smallest absolute Gasteiger partial charge is 0.211 e. The standard InChI is InChI=1S/C12H18ClNO2S/c1-2-3-4-5-9-14-17(15,16)12-8-6-7-11(13)10-12/h6-8,10,14H,2-5,9H2,1H3. The Labute approximate surface area is 108 Å². The lowest BCUT2D eigenvalue weighted by atomic mass is 10.2. The van der Waals surface area contributed by atoms with Crippen LogP contribution in [0.25, 0.3) is 0 Å². The van der Waals surface area contributed by atoms with Crippen LogP contribution in [0.2, 0.25) is 5.02 Å². The Morgan fingerprint density at radius 3 is 2.65 bits per heavy atom. The Hall–Kier alpha value is -0.580. The third-order valence-corrected chi connectivity index (χ3v) is 4.12. The molecule has 17 heavy (non-hydrogen) atoms. The first-order valence-corrected chi connectivity index (χ1v) is 7.67. The summed E-state index contributed by atoms with van der Waals surface area (Å²) in [5.74, 6) is 0. The number of benzene rings is 1. The van der Waals surface area contributed by atoms with E-state index in [1.807, 2.05) is 0 Å². The number of halogens is 1. The molecule has 0 saturated carbocycles. The summed E-state index contributed by atoms with van der Waals surface area (Å²) in [6, 6.07) is 6.28. The minimum Gasteiger partial charge on any atom is -0.211 e. The van der Waals surface area contributed by atoms with Crippen LogP contribution in [-0.4, -0.2) is 15.0 Å². The van der Waals surface area contributed by atoms with Crippen molar-refractivity contribution < 1.29 is 8.42 Å². The van der Waals surface area contributed by atoms with Gasteiger partial charge in [-0.3, -0.25) is 0 Å². The lowest BCUT2D eigenvalue weighted by Crippen LogP contribution is -2.24. The second-order valence-corrected chi connectivity index (χ2v) is 6.12. The minimum atomic E-state index is -3.40. The van der Waals surface area contributed by atoms with Crippen LogP contribution in [0.4, 0.5) is 0 Å². The molecule has 0 aliphatic rings. The molecular weight excluding hydrogens is 258 g/mol. The van der Waals surface area contributed by atoms with Gasteiger partial charge >= 0.3 is 0 Å². The third-order valence-electron chi connectivity index (χ3n) is 2.43. The van der Waals surface area contributed by atoms with Crippen molar-refractivity contribution in [1.29, 1.82) is 0 Å². The Morgan fingerprint density at radius 2 is 2.00 bits per heavy atom. The van der Waals surface area contributed by atoms with Gasteiger partial charge in [-0.15, -0.1) is 0 Å². The number of hydrogen-bond acceptors (Lipinski definition) is 2. The predicted molar refractivity (Wildman–Crippen MR) is 70.8 cm³/mol. The normalized spacial score (nSPS) is 11.6. The Kier molecular flexibility index (Phi) is 5.95. The summed E-state index contributed by atoms with van der Waals surface area (Å²) in [4.78, 5) is 0.223. The maximum Gasteiger partial charge on any atom is 0.240 e. The van der Waals surface area contributed by atoms with Gasteiger partial charge in [-0.25, -0.2) is 13.1 Å². The quantitative estimate of drug-likeness (QED) is 0.777. The van der Waals surface area contributed by atoms with E-state index in [4.69, 9.17) is 11.6 Å². The maximum atomic E-state index is 11.8. The first kappa shape index (κ1) is 14.5. The van der Waals surface area contributed by atoms with E-state index in [0.29, 0.717) is 11.6 Å². The summed E-state index contributed by atoms with van der Waals surface area (Å²) in [6.45, 7) is 2.60. The summed E-state index contributed by atoms with van der Waals surface area (Å²) in [6.07, 6.45) is 4.20. The highest BCUT2D eigenvalue weighted by atomic mass is 35.5. The van der Waals surface area contributed by atoms with Gasteiger partial charge in [-0.1, -0.05) is 43.9 Å². The second-order valence-electron chi connectivity index (χ2n) is 3.92. The van der Waals surface area contributed by atoms with E-state index in [1.165, 1.54) is 6.07 Å². The van der Waals surface area contributed by atoms with Gasteiger partial charge in [0, 0.05) is 11.6 Å². The van der Waals surface area contributed by atoms with E-state index < -0.39 is 10.0 Å². The zero-order chi connectivity index (χ0) is 12.7. The van der Waals surface area contributed by atoms with Gasteiger partial charge < -0.3 is 0 Å². The van der Waals surface area contributed by atoms with Crippen molar-refractivity contribution in [1.82, 2.24) is 4.72 Å². The van der Waals surface area contributed by atoms with Crippen molar-refractivity contribution in [3.8, 4) is 0 Å². The van der Waals surface area contributed by atoms with Crippen molar-refractivity contribution in [3.63, 3.8) is 0 Å². The van der Waals surface area contributed by atoms with Crippen LogP contribution in [0, 0.1) is 0 Å². The molecule has 0 radical (unpaired) electrons. The largest absolute Gasteiger partial charge is 0.240 e. The van der Waals surface area contributed by atoms with Crippen LogP contribution in [0.15, 0.2) is 29.2 Å². The predicted octanol–water partition coefficient (Wildman–Crippen LogP) is 3.20. The summed E-state index contributed by atoms with van der Waals surface area (Å²) in [5.41, 5.74) is 0. The second kappa shape index (κ2) is 6.99. The number of hydrogen-bond donors (Lipinski definition) is 1. The molecule has 0 unspecified atom stereocenters. The fourth-order valence-electron chi connectivity index (χ4n) is 1.48. The summed E-state index contributed by atoms with van der Waals surface area (Å²) >= 11 is 5.76. The van der Waals surface area contributed by atoms with E-state index in [1.54, 1.807) is 18.2 Å². The Morgan fingerprint density at radius 1 is 1.24 bits per heavy atom. The van der Waals surface area contributed by atoms with Crippen LogP contribution in [0.5, 0.6) is 0 Å². The fourth-order valence-corrected chi connectivity index (χ4v) is 2.85. The highest BCUT2D eigenvalue weighted by Crippen LogP contribution is 2.15. The molecule has 0 aliphatic carbocycles. The average Bonchev–Trinajstić information content (AvgIpc) is 2.29. The minimum absolute atomic E-state index is 0.223. The molecule has 1 N–H and O–H groups in total. The molecule has 0 aromatic heterocycles. The molecule has 0 spiro atoms. The van der Waals surface area contributed by atoms with E-state index in [9.17, 15) is 8.42 Å². The Bertz CT molecular complexity index is 446. The SMILES string of the molecule is CCCCCCNS(=O)(=O)c1cccc(Cl)c1. The van der Waals surface area contributed by atoms with E-state index in [2.05, 4.69) is 11.6 Å². The number of unbranched alkanes of at least 4 members (excludes halogenated alkanes) is 3. The molecule has 0 amide bonds. The van der Waals surface area contributed by atoms with Crippen molar-refractivity contribution >= 4 is 21.6 Å². The number of sulfonamides is 1. The topological polar surface area (TPSA) is 46.2 Å². The van der Waals surface area contributed by atoms with Crippen molar-refractivity contribution in [2.75, 3.05) is 6.54 Å². The van der Waals surface area contributed by atoms with Crippen LogP contribution in [-0.2, 0) is 10.0 Å². The van der Waals surface area contributed by atoms with Gasteiger partial charge in [-0.05, 0) is 24.6 Å². The highest BCUT2D eigenvalue weighted by Gasteiger charge is 2.12. The van der Waals surface area contributed by atoms with Gasteiger partial charge in [0.15, 0.2) is 0 Å². The van der Waals surface area contributed by atoms with Crippen molar-refractivity contribution in [2.45, 2.75) is 37.5 Å². The number of nitrogens with one attached hydrogen (secondary N) is 1. The van der Waals surface area contributed by atoms with Crippen LogP contribution < -0.4 is 4.72 Å². The molecular formula is C12H18ClNO2S. The fraction of sp³-hybridized carbons (Fsp3) is 0.500. The lowest BCUT2D eigenvalue weighted by Gasteiger charge is -2.06. The molecule has 0 heterocycles. The van der Waals surface area contributed by atoms with E-state index >= 15 is 0 Å². The first-order chi connectivity index (χ1) is 8.06. The monoisotopic (exact) mass is 275 g/mol. The highest BCUT2D eigenvalue weighted by molar-refractivity contribution is 7.89. The third kappa shape index (κ3) is 5.06. The Balaban J connectivity index is 2.51. The van der Waals surface area contributed by atoms with Gasteiger partial charge in [0.2, 0.25) is 10.0 Å². The van der Waals surface area contributed by atoms with Crippen LogP contribution in [0.1, 0.15) is 32.6 Å². The molecule has 1 aromatic rings. The molecule has 1 aromatic carbocycles. The van der Waals surface area contributed by atoms with Crippen molar-refractivity contribution in [2.24, 2.45) is 0 Å². The van der Waals surface area contributed by atoms with Crippen LogP contribution in [0.3, 0.4) is 0 Å². The molecule has 0 fully saturated rings. The zero-order valence-corrected chi connectivity index (χ0v) is 11.5. The average molecular weight is 276 g/mol. The molecule has 1 rings (SSSR count).